The summed E-state index contributed by atoms with van der Waals surface area (Å²) in [5.41, 5.74) is 2.91. The number of rotatable bonds is 7. The lowest BCUT2D eigenvalue weighted by Gasteiger charge is -2.13. The molecule has 1 heterocycles. The number of aromatic nitrogens is 1. The summed E-state index contributed by atoms with van der Waals surface area (Å²) < 4.78 is 14.8. The highest BCUT2D eigenvalue weighted by Gasteiger charge is 2.14. The SMILES string of the molecule is CC(NC(=O)C[n+]1ccc(Cc2ccc([N+](=O)[O-])cc2)cc1)c1ccc(F)cc1.[Cl-]. The number of hydrogen-bond acceptors (Lipinski definition) is 3. The van der Waals surface area contributed by atoms with E-state index in [-0.39, 0.29) is 42.4 Å². The Morgan fingerprint density at radius 3 is 2.17 bits per heavy atom. The number of nitrogens with zero attached hydrogens (tertiary/aromatic N) is 2. The molecule has 0 aliphatic carbocycles. The fourth-order valence-electron chi connectivity index (χ4n) is 2.97. The van der Waals surface area contributed by atoms with Gasteiger partial charge in [0.25, 0.3) is 11.6 Å². The maximum atomic E-state index is 13.0. The Morgan fingerprint density at radius 2 is 1.60 bits per heavy atom. The van der Waals surface area contributed by atoms with Gasteiger partial charge in [0.15, 0.2) is 12.4 Å². The van der Waals surface area contributed by atoms with Gasteiger partial charge >= 0.3 is 0 Å². The molecule has 0 spiro atoms. The Morgan fingerprint density at radius 1 is 1.03 bits per heavy atom. The highest BCUT2D eigenvalue weighted by molar-refractivity contribution is 5.74. The Kier molecular flexibility index (Phi) is 8.00. The van der Waals surface area contributed by atoms with E-state index in [9.17, 15) is 19.3 Å². The summed E-state index contributed by atoms with van der Waals surface area (Å²) in [6.45, 7) is 2.02. The van der Waals surface area contributed by atoms with Crippen LogP contribution in [-0.2, 0) is 17.8 Å². The Labute approximate surface area is 179 Å². The van der Waals surface area contributed by atoms with Crippen LogP contribution in [0.3, 0.4) is 0 Å². The first-order valence-electron chi connectivity index (χ1n) is 9.17. The third kappa shape index (κ3) is 6.35. The minimum Gasteiger partial charge on any atom is -1.00 e. The van der Waals surface area contributed by atoms with Crippen molar-refractivity contribution < 1.29 is 31.1 Å². The van der Waals surface area contributed by atoms with E-state index in [1.165, 1.54) is 24.3 Å². The molecule has 1 N–H and O–H groups in total. The molecule has 6 nitrogen and oxygen atoms in total. The zero-order chi connectivity index (χ0) is 20.8. The van der Waals surface area contributed by atoms with Gasteiger partial charge in [-0.3, -0.25) is 14.9 Å². The molecule has 0 radical (unpaired) electrons. The summed E-state index contributed by atoms with van der Waals surface area (Å²) in [5.74, 6) is -0.452. The van der Waals surface area contributed by atoms with Gasteiger partial charge in [-0.2, -0.15) is 4.57 Å². The number of hydrogen-bond donors (Lipinski definition) is 1. The Hall–Kier alpha value is -3.32. The fourth-order valence-corrected chi connectivity index (χ4v) is 2.97. The van der Waals surface area contributed by atoms with E-state index in [4.69, 9.17) is 0 Å². The summed E-state index contributed by atoms with van der Waals surface area (Å²) in [5, 5.41) is 13.6. The van der Waals surface area contributed by atoms with Crippen LogP contribution in [0.2, 0.25) is 0 Å². The summed E-state index contributed by atoms with van der Waals surface area (Å²) >= 11 is 0. The van der Waals surface area contributed by atoms with Gasteiger partial charge in [-0.15, -0.1) is 0 Å². The normalized spacial score (nSPS) is 11.3. The van der Waals surface area contributed by atoms with Crippen molar-refractivity contribution >= 4 is 11.6 Å². The van der Waals surface area contributed by atoms with E-state index in [1.807, 2.05) is 31.5 Å². The number of non-ortho nitro benzene ring substituents is 1. The lowest BCUT2D eigenvalue weighted by atomic mass is 10.1. The Bertz CT molecular complexity index is 994. The molecule has 156 valence electrons. The molecule has 3 aromatic rings. The monoisotopic (exact) mass is 429 g/mol. The molecule has 0 saturated carbocycles. The first-order chi connectivity index (χ1) is 13.9. The van der Waals surface area contributed by atoms with Gasteiger partial charge in [0.05, 0.1) is 11.0 Å². The molecule has 3 rings (SSSR count). The average molecular weight is 430 g/mol. The largest absolute Gasteiger partial charge is 1.00 e. The van der Waals surface area contributed by atoms with Crippen LogP contribution in [0.4, 0.5) is 10.1 Å². The summed E-state index contributed by atoms with van der Waals surface area (Å²) in [6, 6.07) is 16.1. The second-order valence-electron chi connectivity index (χ2n) is 6.82. The van der Waals surface area contributed by atoms with E-state index in [0.717, 1.165) is 16.7 Å². The maximum Gasteiger partial charge on any atom is 0.286 e. The van der Waals surface area contributed by atoms with Gasteiger partial charge in [-0.25, -0.2) is 4.39 Å². The van der Waals surface area contributed by atoms with Gasteiger partial charge < -0.3 is 17.7 Å². The van der Waals surface area contributed by atoms with Crippen LogP contribution in [0.5, 0.6) is 0 Å². The number of pyridine rings is 1. The van der Waals surface area contributed by atoms with Crippen molar-refractivity contribution in [1.29, 1.82) is 0 Å². The van der Waals surface area contributed by atoms with Crippen LogP contribution >= 0.6 is 0 Å². The van der Waals surface area contributed by atoms with Gasteiger partial charge in [0, 0.05) is 24.3 Å². The van der Waals surface area contributed by atoms with Crippen molar-refractivity contribution in [3.05, 3.63) is 106 Å². The molecule has 1 aromatic heterocycles. The van der Waals surface area contributed by atoms with Gasteiger partial charge in [0.2, 0.25) is 6.54 Å². The topological polar surface area (TPSA) is 76.1 Å². The van der Waals surface area contributed by atoms with Crippen LogP contribution in [0, 0.1) is 15.9 Å². The molecule has 0 aliphatic rings. The molecular weight excluding hydrogens is 409 g/mol. The third-order valence-electron chi connectivity index (χ3n) is 4.59. The molecule has 0 fully saturated rings. The first-order valence-corrected chi connectivity index (χ1v) is 9.17. The quantitative estimate of drug-likeness (QED) is 0.337. The van der Waals surface area contributed by atoms with E-state index in [1.54, 1.807) is 28.8 Å². The fraction of sp³-hybridized carbons (Fsp3) is 0.182. The van der Waals surface area contributed by atoms with Gasteiger partial charge in [0.1, 0.15) is 5.82 Å². The molecule has 0 saturated heterocycles. The third-order valence-corrected chi connectivity index (χ3v) is 4.59. The van der Waals surface area contributed by atoms with Crippen molar-refractivity contribution in [1.82, 2.24) is 5.32 Å². The highest BCUT2D eigenvalue weighted by Crippen LogP contribution is 2.15. The van der Waals surface area contributed by atoms with E-state index in [2.05, 4.69) is 5.32 Å². The number of nitro benzene ring substituents is 1. The van der Waals surface area contributed by atoms with Crippen molar-refractivity contribution in [3.8, 4) is 0 Å². The standard InChI is InChI=1S/C22H20FN3O3.ClH/c1-16(19-4-6-20(23)7-5-19)24-22(27)15-25-12-10-18(11-13-25)14-17-2-8-21(9-3-17)26(28)29;/h2-13,16H,14-15H2,1H3;1H. The predicted octanol–water partition coefficient (Wildman–Crippen LogP) is 0.494. The highest BCUT2D eigenvalue weighted by atomic mass is 35.5. The average Bonchev–Trinajstić information content (AvgIpc) is 2.70. The smallest absolute Gasteiger partial charge is 0.286 e. The number of benzene rings is 2. The summed E-state index contributed by atoms with van der Waals surface area (Å²) in [7, 11) is 0. The lowest BCUT2D eigenvalue weighted by molar-refractivity contribution is -0.684. The molecule has 1 atom stereocenters. The van der Waals surface area contributed by atoms with Gasteiger partial charge in [-0.05, 0) is 42.2 Å². The van der Waals surface area contributed by atoms with Crippen LogP contribution in [0.1, 0.15) is 29.7 Å². The maximum absolute atomic E-state index is 13.0. The van der Waals surface area contributed by atoms with Gasteiger partial charge in [-0.1, -0.05) is 24.3 Å². The molecule has 30 heavy (non-hydrogen) atoms. The molecule has 2 aromatic carbocycles. The van der Waals surface area contributed by atoms with Crippen molar-refractivity contribution in [2.75, 3.05) is 0 Å². The molecular formula is C22H21ClFN3O3. The van der Waals surface area contributed by atoms with Crippen LogP contribution in [0.15, 0.2) is 73.1 Å². The zero-order valence-electron chi connectivity index (χ0n) is 16.3. The summed E-state index contributed by atoms with van der Waals surface area (Å²) in [6.07, 6.45) is 4.29. The summed E-state index contributed by atoms with van der Waals surface area (Å²) in [4.78, 5) is 22.6. The number of carbonyl (C=O) groups is 1. The predicted molar refractivity (Wildman–Crippen MR) is 105 cm³/mol. The molecule has 1 unspecified atom stereocenters. The van der Waals surface area contributed by atoms with Crippen LogP contribution in [0.25, 0.3) is 0 Å². The molecule has 0 aliphatic heterocycles. The number of carbonyl (C=O) groups excluding carboxylic acids is 1. The molecule has 8 heteroatoms. The van der Waals surface area contributed by atoms with E-state index >= 15 is 0 Å². The lowest BCUT2D eigenvalue weighted by Crippen LogP contribution is -3.00. The first kappa shape index (κ1) is 23.0. The second-order valence-corrected chi connectivity index (χ2v) is 6.82. The van der Waals surface area contributed by atoms with E-state index < -0.39 is 4.92 Å². The van der Waals surface area contributed by atoms with Crippen molar-refractivity contribution in [2.24, 2.45) is 0 Å². The van der Waals surface area contributed by atoms with Crippen LogP contribution < -0.4 is 22.3 Å². The minimum atomic E-state index is -0.419. The number of amides is 1. The van der Waals surface area contributed by atoms with Crippen LogP contribution in [-0.4, -0.2) is 10.8 Å². The number of halogens is 2. The molecule has 1 amide bonds. The van der Waals surface area contributed by atoms with Crippen molar-refractivity contribution in [2.45, 2.75) is 25.9 Å². The number of nitrogens with one attached hydrogen (secondary N) is 1. The van der Waals surface area contributed by atoms with E-state index in [0.29, 0.717) is 6.42 Å². The molecule has 0 bridgehead atoms. The second kappa shape index (κ2) is 10.5. The van der Waals surface area contributed by atoms with Crippen molar-refractivity contribution in [3.63, 3.8) is 0 Å². The number of nitro groups is 1. The minimum absolute atomic E-state index is 0. The Balaban J connectivity index is 0.00000320. The zero-order valence-corrected chi connectivity index (χ0v) is 17.1.